The van der Waals surface area contributed by atoms with Crippen LogP contribution in [0.4, 0.5) is 0 Å². The van der Waals surface area contributed by atoms with E-state index in [-0.39, 0.29) is 23.9 Å². The maximum absolute atomic E-state index is 12.6. The zero-order valence-electron chi connectivity index (χ0n) is 12.9. The van der Waals surface area contributed by atoms with Crippen molar-refractivity contribution >= 4 is 11.8 Å². The van der Waals surface area contributed by atoms with Crippen molar-refractivity contribution in [3.8, 4) is 0 Å². The van der Waals surface area contributed by atoms with E-state index in [0.717, 1.165) is 12.8 Å². The Hall–Kier alpha value is -1.06. The van der Waals surface area contributed by atoms with Crippen molar-refractivity contribution in [3.63, 3.8) is 0 Å². The maximum atomic E-state index is 12.6. The lowest BCUT2D eigenvalue weighted by atomic mass is 10.00. The molecule has 0 saturated carbocycles. The summed E-state index contributed by atoms with van der Waals surface area (Å²) in [6.07, 6.45) is 2.12. The van der Waals surface area contributed by atoms with Gasteiger partial charge in [-0.05, 0) is 31.6 Å². The monoisotopic (exact) mass is 268 g/mol. The molecule has 19 heavy (non-hydrogen) atoms. The highest BCUT2D eigenvalue weighted by atomic mass is 16.2. The molecule has 1 saturated heterocycles. The zero-order valence-corrected chi connectivity index (χ0v) is 12.9. The van der Waals surface area contributed by atoms with Crippen LogP contribution in [0.3, 0.4) is 0 Å². The summed E-state index contributed by atoms with van der Waals surface area (Å²) in [5.74, 6) is 1.04. The first-order valence-electron chi connectivity index (χ1n) is 7.41. The molecule has 1 N–H and O–H groups in total. The molecule has 0 spiro atoms. The molecule has 4 heteroatoms. The van der Waals surface area contributed by atoms with Gasteiger partial charge in [0.1, 0.15) is 6.04 Å². The lowest BCUT2D eigenvalue weighted by Crippen LogP contribution is -2.48. The molecule has 0 bridgehead atoms. The Kier molecular flexibility index (Phi) is 5.83. The zero-order chi connectivity index (χ0) is 14.6. The smallest absolute Gasteiger partial charge is 0.245 e. The second-order valence-electron chi connectivity index (χ2n) is 6.51. The minimum atomic E-state index is -0.343. The summed E-state index contributed by atoms with van der Waals surface area (Å²) in [5.41, 5.74) is 0. The minimum absolute atomic E-state index is 0.00162. The molecular formula is C15H28N2O2. The number of hydrogen-bond donors (Lipinski definition) is 1. The molecule has 0 aromatic heterocycles. The van der Waals surface area contributed by atoms with Crippen molar-refractivity contribution < 1.29 is 9.59 Å². The minimum Gasteiger partial charge on any atom is -0.344 e. The second-order valence-corrected chi connectivity index (χ2v) is 6.51. The van der Waals surface area contributed by atoms with E-state index in [4.69, 9.17) is 0 Å². The third-order valence-corrected chi connectivity index (χ3v) is 3.55. The molecule has 1 aliphatic heterocycles. The number of nitrogens with one attached hydrogen (secondary N) is 1. The van der Waals surface area contributed by atoms with Crippen LogP contribution in [-0.2, 0) is 9.59 Å². The Balaban J connectivity index is 2.79. The second kappa shape index (κ2) is 6.92. The first kappa shape index (κ1) is 16.0. The van der Waals surface area contributed by atoms with Crippen LogP contribution in [0, 0.1) is 11.8 Å². The van der Waals surface area contributed by atoms with Gasteiger partial charge in [0.2, 0.25) is 11.8 Å². The lowest BCUT2D eigenvalue weighted by molar-refractivity contribution is -0.136. The average molecular weight is 268 g/mol. The third kappa shape index (κ3) is 4.84. The molecule has 1 fully saturated rings. The van der Waals surface area contributed by atoms with Crippen LogP contribution in [0.2, 0.25) is 0 Å². The Morgan fingerprint density at radius 1 is 1.16 bits per heavy atom. The highest BCUT2D eigenvalue weighted by molar-refractivity contribution is 5.90. The van der Waals surface area contributed by atoms with Gasteiger partial charge in [0.25, 0.3) is 0 Å². The first-order chi connectivity index (χ1) is 8.81. The largest absolute Gasteiger partial charge is 0.344 e. The molecule has 0 aliphatic carbocycles. The van der Waals surface area contributed by atoms with Crippen LogP contribution in [0.25, 0.3) is 0 Å². The third-order valence-electron chi connectivity index (χ3n) is 3.55. The van der Waals surface area contributed by atoms with E-state index in [1.165, 1.54) is 0 Å². The Morgan fingerprint density at radius 2 is 1.79 bits per heavy atom. The highest BCUT2D eigenvalue weighted by Crippen LogP contribution is 2.17. The van der Waals surface area contributed by atoms with Crippen LogP contribution in [0.5, 0.6) is 0 Å². The maximum Gasteiger partial charge on any atom is 0.245 e. The van der Waals surface area contributed by atoms with Gasteiger partial charge in [-0.1, -0.05) is 27.7 Å². The fraction of sp³-hybridized carbons (Fsp3) is 0.867. The standard InChI is InChI=1S/C15H28N2O2/c1-10(2)8-12(5)17-7-6-14(18)16-13(15(17)19)9-11(3)4/h10-13H,6-9H2,1-5H3,(H,16,18). The molecule has 2 unspecified atom stereocenters. The average Bonchev–Trinajstić information content (AvgIpc) is 2.38. The van der Waals surface area contributed by atoms with Gasteiger partial charge in [0.05, 0.1) is 0 Å². The van der Waals surface area contributed by atoms with Gasteiger partial charge in [-0.25, -0.2) is 0 Å². The molecular weight excluding hydrogens is 240 g/mol. The molecule has 1 aliphatic rings. The van der Waals surface area contributed by atoms with Crippen LogP contribution in [0.1, 0.15) is 53.9 Å². The van der Waals surface area contributed by atoms with Crippen LogP contribution in [0.15, 0.2) is 0 Å². The Labute approximate surface area is 116 Å². The number of nitrogens with zero attached hydrogens (tertiary/aromatic N) is 1. The van der Waals surface area contributed by atoms with Gasteiger partial charge in [-0.2, -0.15) is 0 Å². The summed E-state index contributed by atoms with van der Waals surface area (Å²) in [5, 5.41) is 2.87. The van der Waals surface area contributed by atoms with Crippen molar-refractivity contribution in [1.82, 2.24) is 10.2 Å². The number of rotatable bonds is 5. The molecule has 2 atom stereocenters. The Bertz CT molecular complexity index is 326. The molecule has 1 heterocycles. The highest BCUT2D eigenvalue weighted by Gasteiger charge is 2.32. The van der Waals surface area contributed by atoms with Crippen molar-refractivity contribution in [3.05, 3.63) is 0 Å². The van der Waals surface area contributed by atoms with E-state index >= 15 is 0 Å². The van der Waals surface area contributed by atoms with Gasteiger partial charge < -0.3 is 10.2 Å². The van der Waals surface area contributed by atoms with Gasteiger partial charge in [0, 0.05) is 19.0 Å². The molecule has 0 aromatic rings. The molecule has 110 valence electrons. The molecule has 1 rings (SSSR count). The topological polar surface area (TPSA) is 49.4 Å². The summed E-state index contributed by atoms with van der Waals surface area (Å²) in [6, 6.07) is -0.139. The van der Waals surface area contributed by atoms with Gasteiger partial charge >= 0.3 is 0 Å². The van der Waals surface area contributed by atoms with Gasteiger partial charge in [0.15, 0.2) is 0 Å². The Morgan fingerprint density at radius 3 is 2.32 bits per heavy atom. The van der Waals surface area contributed by atoms with Gasteiger partial charge in [-0.3, -0.25) is 9.59 Å². The van der Waals surface area contributed by atoms with Crippen molar-refractivity contribution in [1.29, 1.82) is 0 Å². The number of carbonyl (C=O) groups is 2. The van der Waals surface area contributed by atoms with Crippen molar-refractivity contribution in [2.45, 2.75) is 66.0 Å². The van der Waals surface area contributed by atoms with Crippen LogP contribution >= 0.6 is 0 Å². The number of carbonyl (C=O) groups excluding carboxylic acids is 2. The predicted molar refractivity (Wildman–Crippen MR) is 76.6 cm³/mol. The first-order valence-corrected chi connectivity index (χ1v) is 7.41. The normalized spacial score (nSPS) is 22.7. The predicted octanol–water partition coefficient (Wildman–Crippen LogP) is 2.18. The quantitative estimate of drug-likeness (QED) is 0.831. The molecule has 0 radical (unpaired) electrons. The van der Waals surface area contributed by atoms with Crippen LogP contribution in [-0.4, -0.2) is 35.3 Å². The lowest BCUT2D eigenvalue weighted by Gasteiger charge is -2.31. The summed E-state index contributed by atoms with van der Waals surface area (Å²) < 4.78 is 0. The fourth-order valence-corrected chi connectivity index (χ4v) is 2.74. The molecule has 2 amide bonds. The van der Waals surface area contributed by atoms with Crippen LogP contribution < -0.4 is 5.32 Å². The van der Waals surface area contributed by atoms with E-state index in [1.54, 1.807) is 0 Å². The van der Waals surface area contributed by atoms with Gasteiger partial charge in [-0.15, -0.1) is 0 Å². The van der Waals surface area contributed by atoms with Crippen molar-refractivity contribution in [2.75, 3.05) is 6.54 Å². The fourth-order valence-electron chi connectivity index (χ4n) is 2.74. The van der Waals surface area contributed by atoms with E-state index in [9.17, 15) is 9.59 Å². The molecule has 0 aromatic carbocycles. The summed E-state index contributed by atoms with van der Waals surface area (Å²) in [7, 11) is 0. The van der Waals surface area contributed by atoms with E-state index in [2.05, 4.69) is 39.9 Å². The summed E-state index contributed by atoms with van der Waals surface area (Å²) in [6.45, 7) is 11.1. The van der Waals surface area contributed by atoms with E-state index in [0.29, 0.717) is 24.8 Å². The summed E-state index contributed by atoms with van der Waals surface area (Å²) in [4.78, 5) is 26.2. The van der Waals surface area contributed by atoms with E-state index < -0.39 is 0 Å². The number of amides is 2. The van der Waals surface area contributed by atoms with Crippen molar-refractivity contribution in [2.24, 2.45) is 11.8 Å². The SMILES string of the molecule is CC(C)CC1NC(=O)CCN(C(C)CC(C)C)C1=O. The van der Waals surface area contributed by atoms with E-state index in [1.807, 2.05) is 4.90 Å². The molecule has 4 nitrogen and oxygen atoms in total. The number of hydrogen-bond acceptors (Lipinski definition) is 2. The summed E-state index contributed by atoms with van der Waals surface area (Å²) >= 11 is 0.